The zero-order valence-corrected chi connectivity index (χ0v) is 12.3. The molecule has 1 N–H and O–H groups in total. The minimum atomic E-state index is 0.0852. The zero-order valence-electron chi connectivity index (χ0n) is 10.8. The molecule has 1 rings (SSSR count). The molecule has 0 spiro atoms. The molecule has 18 heavy (non-hydrogen) atoms. The van der Waals surface area contributed by atoms with Gasteiger partial charge in [0, 0.05) is 12.5 Å². The summed E-state index contributed by atoms with van der Waals surface area (Å²) in [6.45, 7) is 4.14. The van der Waals surface area contributed by atoms with Gasteiger partial charge in [0.05, 0.1) is 10.0 Å². The van der Waals surface area contributed by atoms with Crippen molar-refractivity contribution >= 4 is 29.1 Å². The van der Waals surface area contributed by atoms with Crippen LogP contribution in [-0.4, -0.2) is 11.9 Å². The van der Waals surface area contributed by atoms with Crippen LogP contribution in [0.3, 0.4) is 0 Å². The third-order valence-corrected chi connectivity index (χ3v) is 3.49. The first-order valence-corrected chi connectivity index (χ1v) is 7.01. The highest BCUT2D eigenvalue weighted by Gasteiger charge is 2.07. The topological polar surface area (TPSA) is 29.1 Å². The van der Waals surface area contributed by atoms with Crippen LogP contribution in [0.1, 0.15) is 38.7 Å². The van der Waals surface area contributed by atoms with Gasteiger partial charge in [-0.25, -0.2) is 0 Å². The Bertz CT molecular complexity index is 407. The number of rotatable bonds is 6. The quantitative estimate of drug-likeness (QED) is 0.833. The van der Waals surface area contributed by atoms with E-state index >= 15 is 0 Å². The molecule has 2 nitrogen and oxygen atoms in total. The van der Waals surface area contributed by atoms with Gasteiger partial charge in [0.2, 0.25) is 5.91 Å². The monoisotopic (exact) mass is 287 g/mol. The van der Waals surface area contributed by atoms with Gasteiger partial charge in [0.25, 0.3) is 0 Å². The summed E-state index contributed by atoms with van der Waals surface area (Å²) >= 11 is 11.8. The number of benzene rings is 1. The molecular formula is C14H19Cl2NO. The van der Waals surface area contributed by atoms with Crippen molar-refractivity contribution in [2.75, 3.05) is 0 Å². The number of halogens is 2. The number of amides is 1. The lowest BCUT2D eigenvalue weighted by Gasteiger charge is -2.12. The third kappa shape index (κ3) is 5.28. The number of carbonyl (C=O) groups excluding carboxylic acids is 1. The fourth-order valence-corrected chi connectivity index (χ4v) is 2.13. The maximum absolute atomic E-state index is 11.7. The van der Waals surface area contributed by atoms with Crippen LogP contribution in [0.25, 0.3) is 0 Å². The normalized spacial score (nSPS) is 12.2. The molecule has 0 fully saturated rings. The van der Waals surface area contributed by atoms with Crippen molar-refractivity contribution in [3.63, 3.8) is 0 Å². The van der Waals surface area contributed by atoms with Gasteiger partial charge in [-0.05, 0) is 37.5 Å². The highest BCUT2D eigenvalue weighted by Crippen LogP contribution is 2.23. The van der Waals surface area contributed by atoms with Gasteiger partial charge >= 0.3 is 0 Å². The van der Waals surface area contributed by atoms with Crippen LogP contribution in [0.2, 0.25) is 10.0 Å². The molecular weight excluding hydrogens is 269 g/mol. The van der Waals surface area contributed by atoms with Crippen molar-refractivity contribution in [2.45, 2.75) is 45.6 Å². The summed E-state index contributed by atoms with van der Waals surface area (Å²) in [6.07, 6.45) is 3.25. The van der Waals surface area contributed by atoms with E-state index in [1.54, 1.807) is 6.07 Å². The van der Waals surface area contributed by atoms with Gasteiger partial charge in [0.1, 0.15) is 0 Å². The second-order valence-corrected chi connectivity index (χ2v) is 5.32. The van der Waals surface area contributed by atoms with Gasteiger partial charge in [-0.3, -0.25) is 4.79 Å². The first-order chi connectivity index (χ1) is 8.52. The van der Waals surface area contributed by atoms with Gasteiger partial charge in [0.15, 0.2) is 0 Å². The van der Waals surface area contributed by atoms with E-state index in [0.717, 1.165) is 18.4 Å². The Morgan fingerprint density at radius 2 is 2.06 bits per heavy atom. The molecule has 0 aliphatic heterocycles. The van der Waals surface area contributed by atoms with Crippen molar-refractivity contribution in [3.05, 3.63) is 33.8 Å². The molecule has 0 saturated carbocycles. The maximum atomic E-state index is 11.7. The highest BCUT2D eigenvalue weighted by atomic mass is 35.5. The van der Waals surface area contributed by atoms with Crippen LogP contribution in [-0.2, 0) is 11.2 Å². The fourth-order valence-electron chi connectivity index (χ4n) is 1.81. The van der Waals surface area contributed by atoms with E-state index < -0.39 is 0 Å². The van der Waals surface area contributed by atoms with Crippen LogP contribution in [0.5, 0.6) is 0 Å². The number of aryl methyl sites for hydroxylation is 1. The minimum absolute atomic E-state index is 0.0852. The number of carbonyl (C=O) groups is 1. The van der Waals surface area contributed by atoms with Gasteiger partial charge in [-0.2, -0.15) is 0 Å². The predicted molar refractivity (Wildman–Crippen MR) is 77.3 cm³/mol. The van der Waals surface area contributed by atoms with Crippen LogP contribution in [0, 0.1) is 0 Å². The Kier molecular flexibility index (Phi) is 6.51. The Hall–Kier alpha value is -0.730. The second kappa shape index (κ2) is 7.65. The van der Waals surface area contributed by atoms with E-state index in [2.05, 4.69) is 12.2 Å². The first kappa shape index (κ1) is 15.3. The summed E-state index contributed by atoms with van der Waals surface area (Å²) in [6, 6.07) is 5.72. The van der Waals surface area contributed by atoms with E-state index in [1.807, 2.05) is 19.1 Å². The van der Waals surface area contributed by atoms with Crippen molar-refractivity contribution < 1.29 is 4.79 Å². The lowest BCUT2D eigenvalue weighted by atomic mass is 10.1. The second-order valence-electron chi connectivity index (χ2n) is 4.51. The number of nitrogens with one attached hydrogen (secondary N) is 1. The maximum Gasteiger partial charge on any atom is 0.220 e. The van der Waals surface area contributed by atoms with E-state index in [9.17, 15) is 4.79 Å². The number of hydrogen-bond donors (Lipinski definition) is 1. The Morgan fingerprint density at radius 1 is 1.33 bits per heavy atom. The molecule has 1 aromatic rings. The molecule has 0 bridgehead atoms. The smallest absolute Gasteiger partial charge is 0.220 e. The first-order valence-electron chi connectivity index (χ1n) is 6.26. The summed E-state index contributed by atoms with van der Waals surface area (Å²) < 4.78 is 0. The molecule has 100 valence electrons. The van der Waals surface area contributed by atoms with Crippen LogP contribution < -0.4 is 5.32 Å². The summed E-state index contributed by atoms with van der Waals surface area (Å²) in [5.74, 6) is 0.0852. The van der Waals surface area contributed by atoms with Crippen LogP contribution in [0.4, 0.5) is 0 Å². The van der Waals surface area contributed by atoms with Crippen molar-refractivity contribution in [3.8, 4) is 0 Å². The molecule has 0 saturated heterocycles. The van der Waals surface area contributed by atoms with E-state index in [0.29, 0.717) is 22.9 Å². The highest BCUT2D eigenvalue weighted by molar-refractivity contribution is 6.42. The van der Waals surface area contributed by atoms with Crippen molar-refractivity contribution in [2.24, 2.45) is 0 Å². The molecule has 0 heterocycles. The van der Waals surface area contributed by atoms with Gasteiger partial charge in [-0.15, -0.1) is 0 Å². The summed E-state index contributed by atoms with van der Waals surface area (Å²) in [5.41, 5.74) is 1.03. The molecule has 1 amide bonds. The predicted octanol–water partition coefficient (Wildman–Crippen LogP) is 4.23. The molecule has 0 aliphatic carbocycles. The Morgan fingerprint density at radius 3 is 2.67 bits per heavy atom. The van der Waals surface area contributed by atoms with Gasteiger partial charge in [-0.1, -0.05) is 42.6 Å². The molecule has 0 aliphatic rings. The molecule has 0 aromatic heterocycles. The summed E-state index contributed by atoms with van der Waals surface area (Å²) in [7, 11) is 0. The summed E-state index contributed by atoms with van der Waals surface area (Å²) in [5, 5.41) is 4.06. The van der Waals surface area contributed by atoms with E-state index in [-0.39, 0.29) is 11.9 Å². The van der Waals surface area contributed by atoms with E-state index in [4.69, 9.17) is 23.2 Å². The average Bonchev–Trinajstić information content (AvgIpc) is 2.31. The zero-order chi connectivity index (χ0) is 13.5. The average molecular weight is 288 g/mol. The van der Waals surface area contributed by atoms with Crippen LogP contribution >= 0.6 is 23.2 Å². The largest absolute Gasteiger partial charge is 0.354 e. The lowest BCUT2D eigenvalue weighted by Crippen LogP contribution is -2.32. The molecule has 0 radical (unpaired) electrons. The fraction of sp³-hybridized carbons (Fsp3) is 0.500. The van der Waals surface area contributed by atoms with Crippen molar-refractivity contribution in [1.29, 1.82) is 0 Å². The molecule has 0 unspecified atom stereocenters. The Balaban J connectivity index is 2.40. The van der Waals surface area contributed by atoms with Crippen LogP contribution in [0.15, 0.2) is 18.2 Å². The number of hydrogen-bond acceptors (Lipinski definition) is 1. The third-order valence-electron chi connectivity index (χ3n) is 2.75. The standard InChI is InChI=1S/C14H19Cl2NO/c1-3-4-10(2)17-14(18)8-6-11-5-7-12(15)13(16)9-11/h5,7,9-10H,3-4,6,8H2,1-2H3,(H,17,18)/t10-/m0/s1. The van der Waals surface area contributed by atoms with Gasteiger partial charge < -0.3 is 5.32 Å². The minimum Gasteiger partial charge on any atom is -0.354 e. The van der Waals surface area contributed by atoms with E-state index in [1.165, 1.54) is 0 Å². The molecule has 1 atom stereocenters. The van der Waals surface area contributed by atoms with Crippen molar-refractivity contribution in [1.82, 2.24) is 5.32 Å². The molecule has 4 heteroatoms. The SMILES string of the molecule is CCC[C@H](C)NC(=O)CCc1ccc(Cl)c(Cl)c1. The summed E-state index contributed by atoms with van der Waals surface area (Å²) in [4.78, 5) is 11.7. The Labute approximate surface area is 119 Å². The lowest BCUT2D eigenvalue weighted by molar-refractivity contribution is -0.121. The molecule has 1 aromatic carbocycles.